The van der Waals surface area contributed by atoms with Crippen LogP contribution in [0, 0.1) is 5.41 Å². The quantitative estimate of drug-likeness (QED) is 0.771. The third kappa shape index (κ3) is 2.11. The van der Waals surface area contributed by atoms with E-state index < -0.39 is 5.67 Å². The fourth-order valence-electron chi connectivity index (χ4n) is 2.11. The molecule has 90 valence electrons. The third-order valence-electron chi connectivity index (χ3n) is 3.92. The van der Waals surface area contributed by atoms with Gasteiger partial charge in [-0.3, -0.25) is 0 Å². The number of hydrogen-bond acceptors (Lipinski definition) is 3. The minimum Gasteiger partial charge on any atom is -0.343 e. The maximum absolute atomic E-state index is 14.0. The van der Waals surface area contributed by atoms with E-state index in [1.54, 1.807) is 0 Å². The molecule has 4 heteroatoms. The van der Waals surface area contributed by atoms with Crippen molar-refractivity contribution in [2.24, 2.45) is 5.41 Å². The molecule has 0 radical (unpaired) electrons. The fourth-order valence-corrected chi connectivity index (χ4v) is 2.11. The number of rotatable bonds is 5. The Morgan fingerprint density at radius 3 is 2.75 bits per heavy atom. The molecule has 16 heavy (non-hydrogen) atoms. The number of alkyl halides is 1. The van der Waals surface area contributed by atoms with Crippen molar-refractivity contribution >= 4 is 0 Å². The summed E-state index contributed by atoms with van der Waals surface area (Å²) in [6.07, 6.45) is 4.54. The maximum atomic E-state index is 14.0. The smallest absolute Gasteiger partial charge is 0.213 e. The Labute approximate surface area is 95.4 Å². The molecule has 1 fully saturated rings. The van der Waals surface area contributed by atoms with E-state index in [-0.39, 0.29) is 11.3 Å². The minimum atomic E-state index is -0.927. The van der Waals surface area contributed by atoms with Crippen LogP contribution in [-0.4, -0.2) is 15.8 Å². The van der Waals surface area contributed by atoms with Crippen LogP contribution >= 0.6 is 0 Å². The van der Waals surface area contributed by atoms with Crippen LogP contribution in [0.4, 0.5) is 4.39 Å². The summed E-state index contributed by atoms with van der Waals surface area (Å²) in [7, 11) is 0. The van der Waals surface area contributed by atoms with Crippen LogP contribution in [0.2, 0.25) is 0 Å². The van der Waals surface area contributed by atoms with Crippen molar-refractivity contribution in [1.29, 1.82) is 0 Å². The molecule has 0 amide bonds. The standard InChI is InChI=1S/C12H19FN2O/c1-9(10-14-8-16-15-10)4-5-11(2,3)12(13)6-7-12/h8-9H,4-7H2,1-3H3. The number of aromatic nitrogens is 2. The number of hydrogen-bond donors (Lipinski definition) is 0. The molecule has 1 heterocycles. The van der Waals surface area contributed by atoms with Crippen molar-refractivity contribution < 1.29 is 8.91 Å². The lowest BCUT2D eigenvalue weighted by molar-refractivity contribution is 0.104. The summed E-state index contributed by atoms with van der Waals surface area (Å²) in [5, 5.41) is 3.81. The Hall–Kier alpha value is -0.930. The molecule has 1 atom stereocenters. The lowest BCUT2D eigenvalue weighted by atomic mass is 9.79. The highest BCUT2D eigenvalue weighted by atomic mass is 19.1. The molecule has 1 aromatic rings. The van der Waals surface area contributed by atoms with E-state index in [9.17, 15) is 4.39 Å². The van der Waals surface area contributed by atoms with Crippen molar-refractivity contribution in [2.45, 2.75) is 58.0 Å². The van der Waals surface area contributed by atoms with Gasteiger partial charge in [0.25, 0.3) is 0 Å². The first-order valence-corrected chi connectivity index (χ1v) is 5.90. The highest BCUT2D eigenvalue weighted by Crippen LogP contribution is 2.55. The summed E-state index contributed by atoms with van der Waals surface area (Å²) < 4.78 is 18.7. The second kappa shape index (κ2) is 3.82. The molecule has 1 saturated carbocycles. The molecule has 1 aliphatic carbocycles. The first-order valence-electron chi connectivity index (χ1n) is 5.90. The Kier molecular flexibility index (Phi) is 2.76. The first kappa shape index (κ1) is 11.6. The summed E-state index contributed by atoms with van der Waals surface area (Å²) in [6.45, 7) is 6.09. The van der Waals surface area contributed by atoms with E-state index in [0.29, 0.717) is 0 Å². The van der Waals surface area contributed by atoms with Crippen LogP contribution in [0.3, 0.4) is 0 Å². The summed E-state index contributed by atoms with van der Waals surface area (Å²) in [6, 6.07) is 0. The predicted molar refractivity (Wildman–Crippen MR) is 58.8 cm³/mol. The molecule has 0 aromatic carbocycles. The van der Waals surface area contributed by atoms with Gasteiger partial charge in [0.1, 0.15) is 5.67 Å². The molecule has 0 bridgehead atoms. The topological polar surface area (TPSA) is 38.9 Å². The zero-order valence-electron chi connectivity index (χ0n) is 10.2. The maximum Gasteiger partial charge on any atom is 0.213 e. The van der Waals surface area contributed by atoms with Gasteiger partial charge < -0.3 is 4.52 Å². The van der Waals surface area contributed by atoms with Gasteiger partial charge >= 0.3 is 0 Å². The van der Waals surface area contributed by atoms with Gasteiger partial charge in [-0.2, -0.15) is 4.98 Å². The normalized spacial score (nSPS) is 20.8. The zero-order valence-corrected chi connectivity index (χ0v) is 10.2. The minimum absolute atomic E-state index is 0.231. The molecule has 1 aliphatic rings. The van der Waals surface area contributed by atoms with Crippen LogP contribution < -0.4 is 0 Å². The predicted octanol–water partition coefficient (Wildman–Crippen LogP) is 3.48. The summed E-state index contributed by atoms with van der Waals surface area (Å²) in [5.74, 6) is 0.958. The van der Waals surface area contributed by atoms with Crippen molar-refractivity contribution in [3.8, 4) is 0 Å². The summed E-state index contributed by atoms with van der Waals surface area (Å²) >= 11 is 0. The van der Waals surface area contributed by atoms with Gasteiger partial charge in [0.15, 0.2) is 5.82 Å². The first-order chi connectivity index (χ1) is 7.45. The van der Waals surface area contributed by atoms with Crippen molar-refractivity contribution in [3.63, 3.8) is 0 Å². The number of halogens is 1. The van der Waals surface area contributed by atoms with Gasteiger partial charge in [-0.1, -0.05) is 25.9 Å². The van der Waals surface area contributed by atoms with E-state index in [0.717, 1.165) is 31.5 Å². The highest BCUT2D eigenvalue weighted by molar-refractivity contribution is 5.05. The molecule has 0 saturated heterocycles. The van der Waals surface area contributed by atoms with Crippen LogP contribution in [0.5, 0.6) is 0 Å². The Morgan fingerprint density at radius 2 is 2.25 bits per heavy atom. The Bertz CT molecular complexity index is 344. The molecular formula is C12H19FN2O. The van der Waals surface area contributed by atoms with Crippen LogP contribution in [0.15, 0.2) is 10.9 Å². The van der Waals surface area contributed by atoms with Crippen molar-refractivity contribution in [3.05, 3.63) is 12.2 Å². The molecule has 3 nitrogen and oxygen atoms in total. The average molecular weight is 226 g/mol. The Balaban J connectivity index is 1.88. The summed E-state index contributed by atoms with van der Waals surface area (Å²) in [5.41, 5.74) is -1.16. The fraction of sp³-hybridized carbons (Fsp3) is 0.833. The van der Waals surface area contributed by atoms with Gasteiger partial charge in [0.05, 0.1) is 0 Å². The van der Waals surface area contributed by atoms with Gasteiger partial charge in [-0.05, 0) is 31.1 Å². The summed E-state index contributed by atoms with van der Waals surface area (Å²) in [4.78, 5) is 4.02. The largest absolute Gasteiger partial charge is 0.343 e. The molecule has 1 unspecified atom stereocenters. The van der Waals surface area contributed by atoms with Gasteiger partial charge in [-0.15, -0.1) is 0 Å². The van der Waals surface area contributed by atoms with Gasteiger partial charge in [0.2, 0.25) is 6.39 Å². The second-order valence-corrected chi connectivity index (χ2v) is 5.58. The molecule has 2 rings (SSSR count). The zero-order chi connectivity index (χ0) is 11.8. The van der Waals surface area contributed by atoms with E-state index in [1.807, 2.05) is 13.8 Å². The van der Waals surface area contributed by atoms with E-state index in [2.05, 4.69) is 17.1 Å². The van der Waals surface area contributed by atoms with Crippen LogP contribution in [-0.2, 0) is 0 Å². The molecule has 0 spiro atoms. The monoisotopic (exact) mass is 226 g/mol. The van der Waals surface area contributed by atoms with E-state index in [4.69, 9.17) is 4.52 Å². The number of nitrogens with zero attached hydrogens (tertiary/aromatic N) is 2. The third-order valence-corrected chi connectivity index (χ3v) is 3.92. The second-order valence-electron chi connectivity index (χ2n) is 5.58. The van der Waals surface area contributed by atoms with Crippen molar-refractivity contribution in [1.82, 2.24) is 10.1 Å². The molecule has 0 aliphatic heterocycles. The SMILES string of the molecule is CC(CCC(C)(C)C1(F)CC1)c1ncon1. The average Bonchev–Trinajstić information content (AvgIpc) is 2.82. The molecular weight excluding hydrogens is 207 g/mol. The van der Waals surface area contributed by atoms with Gasteiger partial charge in [0, 0.05) is 5.92 Å². The van der Waals surface area contributed by atoms with E-state index >= 15 is 0 Å². The molecule has 1 aromatic heterocycles. The van der Waals surface area contributed by atoms with Gasteiger partial charge in [-0.25, -0.2) is 4.39 Å². The van der Waals surface area contributed by atoms with Crippen LogP contribution in [0.25, 0.3) is 0 Å². The molecule has 0 N–H and O–H groups in total. The van der Waals surface area contributed by atoms with E-state index in [1.165, 1.54) is 6.39 Å². The highest BCUT2D eigenvalue weighted by Gasteiger charge is 2.54. The lowest BCUT2D eigenvalue weighted by Crippen LogP contribution is -2.27. The van der Waals surface area contributed by atoms with Crippen LogP contribution in [0.1, 0.15) is 58.2 Å². The Morgan fingerprint density at radius 1 is 1.56 bits per heavy atom. The lowest BCUT2D eigenvalue weighted by Gasteiger charge is -2.29. The van der Waals surface area contributed by atoms with Crippen molar-refractivity contribution in [2.75, 3.05) is 0 Å².